The van der Waals surface area contributed by atoms with E-state index in [1.807, 2.05) is 12.2 Å². The molecule has 26 heavy (non-hydrogen) atoms. The zero-order valence-electron chi connectivity index (χ0n) is 16.1. The predicted octanol–water partition coefficient (Wildman–Crippen LogP) is 3.64. The first-order chi connectivity index (χ1) is 12.3. The van der Waals surface area contributed by atoms with Crippen LogP contribution in [0, 0.1) is 11.8 Å². The second kappa shape index (κ2) is 11.3. The Kier molecular flexibility index (Phi) is 9.81. The Labute approximate surface area is 156 Å². The third-order valence-electron chi connectivity index (χ3n) is 5.02. The number of carboxylic acid groups (broad SMARTS) is 1. The minimum absolute atomic E-state index is 0.0161. The topological polar surface area (TPSA) is 94.8 Å². The third-order valence-corrected chi connectivity index (χ3v) is 5.02. The number of carbonyl (C=O) groups is 2. The number of unbranched alkanes of at least 4 members (excludes halogenated alkanes) is 3. The van der Waals surface area contributed by atoms with Gasteiger partial charge in [0.05, 0.1) is 11.7 Å². The minimum Gasteiger partial charge on any atom is -0.481 e. The highest BCUT2D eigenvalue weighted by molar-refractivity contribution is 5.86. The summed E-state index contributed by atoms with van der Waals surface area (Å²) in [5.41, 5.74) is -0.930. The molecule has 0 saturated heterocycles. The summed E-state index contributed by atoms with van der Waals surface area (Å²) >= 11 is 0. The fourth-order valence-electron chi connectivity index (χ4n) is 3.39. The van der Waals surface area contributed by atoms with E-state index in [2.05, 4.69) is 6.92 Å². The van der Waals surface area contributed by atoms with E-state index in [-0.39, 0.29) is 30.5 Å². The molecule has 0 bridgehead atoms. The first kappa shape index (κ1) is 22.6. The van der Waals surface area contributed by atoms with E-state index in [1.165, 1.54) is 0 Å². The molecule has 5 nitrogen and oxygen atoms in total. The van der Waals surface area contributed by atoms with Crippen molar-refractivity contribution in [1.29, 1.82) is 0 Å². The summed E-state index contributed by atoms with van der Waals surface area (Å²) in [4.78, 5) is 22.7. The van der Waals surface area contributed by atoms with Crippen LogP contribution in [0.3, 0.4) is 0 Å². The fourth-order valence-corrected chi connectivity index (χ4v) is 3.39. The van der Waals surface area contributed by atoms with Gasteiger partial charge in [-0.25, -0.2) is 0 Å². The van der Waals surface area contributed by atoms with Crippen LogP contribution in [0.1, 0.15) is 71.6 Å². The van der Waals surface area contributed by atoms with Gasteiger partial charge in [-0.3, -0.25) is 9.59 Å². The highest BCUT2D eigenvalue weighted by Crippen LogP contribution is 2.34. The zero-order chi connectivity index (χ0) is 19.6. The predicted molar refractivity (Wildman–Crippen MR) is 102 cm³/mol. The van der Waals surface area contributed by atoms with Gasteiger partial charge < -0.3 is 15.3 Å². The summed E-state index contributed by atoms with van der Waals surface area (Å²) in [6.45, 7) is 3.87. The van der Waals surface area contributed by atoms with Crippen LogP contribution in [0.25, 0.3) is 0 Å². The fraction of sp³-hybridized carbons (Fsp3) is 0.714. The lowest BCUT2D eigenvalue weighted by Gasteiger charge is -2.21. The number of carbonyl (C=O) groups excluding carboxylic acids is 1. The minimum atomic E-state index is -0.930. The van der Waals surface area contributed by atoms with Crippen LogP contribution in [-0.2, 0) is 9.59 Å². The standard InChI is InChI=1S/C21H34O5/c1-3-4-9-13-21(2,26)14-12-17-16(18(22)15-19(17)23)10-7-5-6-8-11-20(24)25/h5,7,12,14,16-18,22,26H,3-4,6,8-11,13,15H2,1-2H3,(H,24,25)/b7-5+,14-12+/t16-,17-,18+,21+/m1/s1. The number of aliphatic carboxylic acids is 1. The Morgan fingerprint density at radius 3 is 2.65 bits per heavy atom. The van der Waals surface area contributed by atoms with E-state index >= 15 is 0 Å². The second-order valence-electron chi connectivity index (χ2n) is 7.59. The smallest absolute Gasteiger partial charge is 0.303 e. The lowest BCUT2D eigenvalue weighted by molar-refractivity contribution is -0.137. The summed E-state index contributed by atoms with van der Waals surface area (Å²) < 4.78 is 0. The lowest BCUT2D eigenvalue weighted by atomic mass is 9.88. The molecular weight excluding hydrogens is 332 g/mol. The van der Waals surface area contributed by atoms with Gasteiger partial charge in [-0.15, -0.1) is 0 Å². The summed E-state index contributed by atoms with van der Waals surface area (Å²) in [7, 11) is 0. The molecule has 0 aromatic carbocycles. The molecule has 0 aliphatic heterocycles. The van der Waals surface area contributed by atoms with Gasteiger partial charge >= 0.3 is 5.97 Å². The first-order valence-corrected chi connectivity index (χ1v) is 9.76. The highest BCUT2D eigenvalue weighted by atomic mass is 16.4. The van der Waals surface area contributed by atoms with Crippen molar-refractivity contribution < 1.29 is 24.9 Å². The van der Waals surface area contributed by atoms with Crippen LogP contribution < -0.4 is 0 Å². The zero-order valence-corrected chi connectivity index (χ0v) is 16.1. The maximum atomic E-state index is 12.2. The van der Waals surface area contributed by atoms with Gasteiger partial charge in [-0.2, -0.15) is 0 Å². The molecule has 0 aromatic heterocycles. The Hall–Kier alpha value is -1.46. The number of aliphatic hydroxyl groups is 2. The van der Waals surface area contributed by atoms with Crippen LogP contribution in [0.5, 0.6) is 0 Å². The molecule has 1 aliphatic carbocycles. The van der Waals surface area contributed by atoms with E-state index in [1.54, 1.807) is 19.1 Å². The van der Waals surface area contributed by atoms with Gasteiger partial charge in [0.1, 0.15) is 5.78 Å². The first-order valence-electron chi connectivity index (χ1n) is 9.76. The van der Waals surface area contributed by atoms with Crippen LogP contribution in [0.4, 0.5) is 0 Å². The summed E-state index contributed by atoms with van der Waals surface area (Å²) in [5.74, 6) is -1.33. The molecule has 5 heteroatoms. The second-order valence-corrected chi connectivity index (χ2v) is 7.59. The van der Waals surface area contributed by atoms with Gasteiger partial charge in [0.2, 0.25) is 0 Å². The van der Waals surface area contributed by atoms with Crippen molar-refractivity contribution in [1.82, 2.24) is 0 Å². The lowest BCUT2D eigenvalue weighted by Crippen LogP contribution is -2.23. The Morgan fingerprint density at radius 1 is 1.27 bits per heavy atom. The molecule has 1 fully saturated rings. The maximum Gasteiger partial charge on any atom is 0.303 e. The third kappa shape index (κ3) is 8.28. The van der Waals surface area contributed by atoms with E-state index in [4.69, 9.17) is 5.11 Å². The van der Waals surface area contributed by atoms with E-state index in [9.17, 15) is 19.8 Å². The number of rotatable bonds is 12. The van der Waals surface area contributed by atoms with Crippen LogP contribution in [-0.4, -0.2) is 38.8 Å². The van der Waals surface area contributed by atoms with Crippen molar-refractivity contribution >= 4 is 11.8 Å². The molecular formula is C21H34O5. The molecule has 0 heterocycles. The molecule has 0 amide bonds. The van der Waals surface area contributed by atoms with Gasteiger partial charge in [0.15, 0.2) is 0 Å². The van der Waals surface area contributed by atoms with Crippen LogP contribution >= 0.6 is 0 Å². The largest absolute Gasteiger partial charge is 0.481 e. The summed E-state index contributed by atoms with van der Waals surface area (Å²) in [6.07, 6.45) is 12.6. The van der Waals surface area contributed by atoms with Gasteiger partial charge in [-0.1, -0.05) is 50.5 Å². The number of Topliss-reactive ketones (excluding diaryl/α,β-unsaturated/α-hetero) is 1. The maximum absolute atomic E-state index is 12.2. The average Bonchev–Trinajstić information content (AvgIpc) is 2.82. The van der Waals surface area contributed by atoms with Crippen LogP contribution in [0.15, 0.2) is 24.3 Å². The number of allylic oxidation sites excluding steroid dienone is 3. The van der Waals surface area contributed by atoms with E-state index in [0.29, 0.717) is 25.7 Å². The highest BCUT2D eigenvalue weighted by Gasteiger charge is 2.39. The van der Waals surface area contributed by atoms with E-state index < -0.39 is 17.7 Å². The number of hydrogen-bond donors (Lipinski definition) is 3. The van der Waals surface area contributed by atoms with Crippen molar-refractivity contribution in [3.05, 3.63) is 24.3 Å². The Morgan fingerprint density at radius 2 is 2.00 bits per heavy atom. The molecule has 0 aromatic rings. The van der Waals surface area contributed by atoms with Crippen LogP contribution in [0.2, 0.25) is 0 Å². The van der Waals surface area contributed by atoms with E-state index in [0.717, 1.165) is 19.3 Å². The number of hydrogen-bond acceptors (Lipinski definition) is 4. The SMILES string of the molecule is CCCCC[C@](C)(O)/C=C/[C@H]1C(=O)C[C@H](O)[C@@H]1C/C=C/CCCC(=O)O. The average molecular weight is 366 g/mol. The Balaban J connectivity index is 2.58. The van der Waals surface area contributed by atoms with Crippen molar-refractivity contribution in [2.24, 2.45) is 11.8 Å². The molecule has 0 radical (unpaired) electrons. The molecule has 1 aliphatic rings. The molecule has 1 saturated carbocycles. The van der Waals surface area contributed by atoms with Gasteiger partial charge in [-0.05, 0) is 32.6 Å². The molecule has 148 valence electrons. The Bertz CT molecular complexity index is 507. The molecule has 1 rings (SSSR count). The molecule has 3 N–H and O–H groups in total. The number of carboxylic acids is 1. The quantitative estimate of drug-likeness (QED) is 0.362. The van der Waals surface area contributed by atoms with Gasteiger partial charge in [0, 0.05) is 24.7 Å². The molecule has 4 atom stereocenters. The normalized spacial score (nSPS) is 26.0. The monoisotopic (exact) mass is 366 g/mol. The van der Waals surface area contributed by atoms with Crippen molar-refractivity contribution in [3.8, 4) is 0 Å². The summed E-state index contributed by atoms with van der Waals surface area (Å²) in [6, 6.07) is 0. The molecule has 0 unspecified atom stereocenters. The summed E-state index contributed by atoms with van der Waals surface area (Å²) in [5, 5.41) is 29.2. The number of ketones is 1. The molecule has 0 spiro atoms. The van der Waals surface area contributed by atoms with Crippen molar-refractivity contribution in [2.45, 2.75) is 83.3 Å². The van der Waals surface area contributed by atoms with Crippen molar-refractivity contribution in [2.75, 3.05) is 0 Å². The van der Waals surface area contributed by atoms with Crippen molar-refractivity contribution in [3.63, 3.8) is 0 Å². The van der Waals surface area contributed by atoms with Gasteiger partial charge in [0.25, 0.3) is 0 Å². The number of aliphatic hydroxyl groups excluding tert-OH is 1.